The van der Waals surface area contributed by atoms with E-state index in [-0.39, 0.29) is 5.91 Å². The minimum absolute atomic E-state index is 0.0742. The second-order valence-electron chi connectivity index (χ2n) is 4.28. The third-order valence-corrected chi connectivity index (χ3v) is 3.51. The molecule has 4 nitrogen and oxygen atoms in total. The number of nitrogens with zero attached hydrogens (tertiary/aromatic N) is 1. The third kappa shape index (κ3) is 2.46. The topological polar surface area (TPSA) is 54.0 Å². The second-order valence-corrected chi connectivity index (χ2v) is 5.20. The lowest BCUT2D eigenvalue weighted by molar-refractivity contribution is 0.0958. The molecule has 0 saturated heterocycles. The molecule has 1 amide bonds. The Balaban J connectivity index is 2.03. The van der Waals surface area contributed by atoms with Gasteiger partial charge in [0, 0.05) is 23.1 Å². The number of hydrogen-bond acceptors (Lipinski definition) is 3. The number of hydrogen-bond donors (Lipinski definition) is 2. The van der Waals surface area contributed by atoms with Gasteiger partial charge in [0.1, 0.15) is 5.82 Å². The molecular formula is C14H12BrN3O. The summed E-state index contributed by atoms with van der Waals surface area (Å²) in [6.45, 7) is 1.30. The Hall–Kier alpha value is -1.88. The Morgan fingerprint density at radius 2 is 1.74 bits per heavy atom. The summed E-state index contributed by atoms with van der Waals surface area (Å²) in [6.07, 6.45) is 0. The molecule has 1 aliphatic heterocycles. The van der Waals surface area contributed by atoms with E-state index < -0.39 is 0 Å². The van der Waals surface area contributed by atoms with Crippen LogP contribution in [-0.4, -0.2) is 24.0 Å². The zero-order valence-corrected chi connectivity index (χ0v) is 11.7. The summed E-state index contributed by atoms with van der Waals surface area (Å²) in [4.78, 5) is 16.3. The van der Waals surface area contributed by atoms with Crippen molar-refractivity contribution >= 4 is 27.7 Å². The van der Waals surface area contributed by atoms with Crippen LogP contribution in [0.15, 0.2) is 40.9 Å². The molecule has 0 saturated carbocycles. The summed E-state index contributed by atoms with van der Waals surface area (Å²) < 4.78 is 1.03. The SMILES string of the molecule is O=C1NCCNc2nc(-c3ccc(Br)cc3)ccc21. The highest BCUT2D eigenvalue weighted by atomic mass is 79.9. The Bertz CT molecular complexity index is 625. The van der Waals surface area contributed by atoms with Crippen molar-refractivity contribution in [3.63, 3.8) is 0 Å². The summed E-state index contributed by atoms with van der Waals surface area (Å²) in [5.41, 5.74) is 2.48. The van der Waals surface area contributed by atoms with Gasteiger partial charge in [0.25, 0.3) is 5.91 Å². The highest BCUT2D eigenvalue weighted by Crippen LogP contribution is 2.24. The molecule has 0 atom stereocenters. The van der Waals surface area contributed by atoms with E-state index >= 15 is 0 Å². The standard InChI is InChI=1S/C14H12BrN3O/c15-10-3-1-9(2-4-10)12-6-5-11-13(18-12)16-7-8-17-14(11)19/h1-6H,7-8H2,(H,16,18)(H,17,19). The highest BCUT2D eigenvalue weighted by molar-refractivity contribution is 9.10. The Kier molecular flexibility index (Phi) is 3.21. The first-order valence-corrected chi connectivity index (χ1v) is 6.82. The molecule has 0 fully saturated rings. The molecule has 0 bridgehead atoms. The molecule has 3 rings (SSSR count). The van der Waals surface area contributed by atoms with E-state index in [4.69, 9.17) is 0 Å². The first kappa shape index (κ1) is 12.2. The van der Waals surface area contributed by atoms with Crippen LogP contribution in [-0.2, 0) is 0 Å². The summed E-state index contributed by atoms with van der Waals surface area (Å²) in [7, 11) is 0. The lowest BCUT2D eigenvalue weighted by Gasteiger charge is -2.08. The van der Waals surface area contributed by atoms with Gasteiger partial charge in [-0.1, -0.05) is 28.1 Å². The fraction of sp³-hybridized carbons (Fsp3) is 0.143. The number of rotatable bonds is 1. The molecule has 2 aromatic rings. The summed E-state index contributed by atoms with van der Waals surface area (Å²) >= 11 is 3.41. The molecule has 2 N–H and O–H groups in total. The number of carbonyl (C=O) groups is 1. The van der Waals surface area contributed by atoms with Crippen LogP contribution >= 0.6 is 15.9 Å². The molecular weight excluding hydrogens is 306 g/mol. The van der Waals surface area contributed by atoms with Crippen LogP contribution in [0.4, 0.5) is 5.82 Å². The zero-order chi connectivity index (χ0) is 13.2. The van der Waals surface area contributed by atoms with Crippen molar-refractivity contribution in [2.24, 2.45) is 0 Å². The van der Waals surface area contributed by atoms with E-state index in [9.17, 15) is 4.79 Å². The Morgan fingerprint density at radius 3 is 2.53 bits per heavy atom. The van der Waals surface area contributed by atoms with E-state index in [2.05, 4.69) is 31.5 Å². The van der Waals surface area contributed by atoms with Crippen molar-refractivity contribution in [2.45, 2.75) is 0 Å². The van der Waals surface area contributed by atoms with Crippen LogP contribution < -0.4 is 10.6 Å². The minimum atomic E-state index is -0.0742. The third-order valence-electron chi connectivity index (χ3n) is 2.98. The quantitative estimate of drug-likeness (QED) is 0.850. The largest absolute Gasteiger partial charge is 0.368 e. The first-order valence-electron chi connectivity index (χ1n) is 6.03. The van der Waals surface area contributed by atoms with Gasteiger partial charge >= 0.3 is 0 Å². The van der Waals surface area contributed by atoms with Crippen LogP contribution in [0.25, 0.3) is 11.3 Å². The van der Waals surface area contributed by atoms with Gasteiger partial charge in [-0.2, -0.15) is 0 Å². The summed E-state index contributed by atoms with van der Waals surface area (Å²) in [6, 6.07) is 11.6. The van der Waals surface area contributed by atoms with E-state index in [1.54, 1.807) is 0 Å². The fourth-order valence-corrected chi connectivity index (χ4v) is 2.28. The number of carbonyl (C=O) groups excluding carboxylic acids is 1. The number of benzene rings is 1. The van der Waals surface area contributed by atoms with E-state index in [0.29, 0.717) is 24.5 Å². The van der Waals surface area contributed by atoms with Crippen molar-refractivity contribution in [3.05, 3.63) is 46.4 Å². The van der Waals surface area contributed by atoms with Gasteiger partial charge in [-0.3, -0.25) is 4.79 Å². The number of anilines is 1. The predicted molar refractivity (Wildman–Crippen MR) is 78.2 cm³/mol. The van der Waals surface area contributed by atoms with Gasteiger partial charge in [0.2, 0.25) is 0 Å². The van der Waals surface area contributed by atoms with Gasteiger partial charge < -0.3 is 10.6 Å². The van der Waals surface area contributed by atoms with Crippen molar-refractivity contribution in [3.8, 4) is 11.3 Å². The molecule has 0 radical (unpaired) electrons. The van der Waals surface area contributed by atoms with Crippen LogP contribution in [0.1, 0.15) is 10.4 Å². The number of aromatic nitrogens is 1. The van der Waals surface area contributed by atoms with E-state index in [0.717, 1.165) is 15.7 Å². The average molecular weight is 318 g/mol. The molecule has 5 heteroatoms. The first-order chi connectivity index (χ1) is 9.24. The zero-order valence-electron chi connectivity index (χ0n) is 10.1. The van der Waals surface area contributed by atoms with Gasteiger partial charge in [-0.05, 0) is 24.3 Å². The van der Waals surface area contributed by atoms with Crippen molar-refractivity contribution in [1.82, 2.24) is 10.3 Å². The predicted octanol–water partition coefficient (Wildman–Crippen LogP) is 2.67. The number of amides is 1. The van der Waals surface area contributed by atoms with Crippen LogP contribution in [0.2, 0.25) is 0 Å². The maximum absolute atomic E-state index is 11.8. The molecule has 96 valence electrons. The van der Waals surface area contributed by atoms with Crippen molar-refractivity contribution < 1.29 is 4.79 Å². The molecule has 1 aliphatic rings. The van der Waals surface area contributed by atoms with Gasteiger partial charge in [0.05, 0.1) is 11.3 Å². The lowest BCUT2D eigenvalue weighted by atomic mass is 10.1. The average Bonchev–Trinajstić information content (AvgIpc) is 2.61. The van der Waals surface area contributed by atoms with Crippen molar-refractivity contribution in [2.75, 3.05) is 18.4 Å². The molecule has 2 heterocycles. The fourth-order valence-electron chi connectivity index (χ4n) is 2.01. The monoisotopic (exact) mass is 317 g/mol. The maximum atomic E-state index is 11.8. The van der Waals surface area contributed by atoms with Crippen LogP contribution in [0, 0.1) is 0 Å². The van der Waals surface area contributed by atoms with Crippen molar-refractivity contribution in [1.29, 1.82) is 0 Å². The summed E-state index contributed by atoms with van der Waals surface area (Å²) in [5.74, 6) is 0.574. The number of nitrogens with one attached hydrogen (secondary N) is 2. The van der Waals surface area contributed by atoms with Gasteiger partial charge in [-0.15, -0.1) is 0 Å². The van der Waals surface area contributed by atoms with Crippen LogP contribution in [0.5, 0.6) is 0 Å². The maximum Gasteiger partial charge on any atom is 0.255 e. The number of pyridine rings is 1. The molecule has 1 aromatic carbocycles. The molecule has 0 aliphatic carbocycles. The smallest absolute Gasteiger partial charge is 0.255 e. The molecule has 0 unspecified atom stereocenters. The number of fused-ring (bicyclic) bond motifs is 1. The van der Waals surface area contributed by atoms with E-state index in [1.165, 1.54) is 0 Å². The van der Waals surface area contributed by atoms with Crippen LogP contribution in [0.3, 0.4) is 0 Å². The minimum Gasteiger partial charge on any atom is -0.368 e. The summed E-state index contributed by atoms with van der Waals surface area (Å²) in [5, 5.41) is 5.99. The van der Waals surface area contributed by atoms with Gasteiger partial charge in [-0.25, -0.2) is 4.98 Å². The highest BCUT2D eigenvalue weighted by Gasteiger charge is 2.16. The second kappa shape index (κ2) is 5.01. The molecule has 1 aromatic heterocycles. The Morgan fingerprint density at radius 1 is 1.00 bits per heavy atom. The number of halogens is 1. The normalized spacial score (nSPS) is 14.1. The molecule has 0 spiro atoms. The molecule has 19 heavy (non-hydrogen) atoms. The van der Waals surface area contributed by atoms with E-state index in [1.807, 2.05) is 36.4 Å². The van der Waals surface area contributed by atoms with Gasteiger partial charge in [0.15, 0.2) is 0 Å². The Labute approximate surface area is 119 Å². The lowest BCUT2D eigenvalue weighted by Crippen LogP contribution is -2.24.